The number of nitrogens with zero attached hydrogens (tertiary/aromatic N) is 2. The van der Waals surface area contributed by atoms with Gasteiger partial charge in [0.05, 0.1) is 13.2 Å². The van der Waals surface area contributed by atoms with Crippen molar-refractivity contribution in [2.24, 2.45) is 10.4 Å². The molecule has 1 unspecified atom stereocenters. The molecule has 0 radical (unpaired) electrons. The van der Waals surface area contributed by atoms with E-state index in [1.54, 1.807) is 12.1 Å². The number of hydrogen-bond donors (Lipinski definition) is 2. The van der Waals surface area contributed by atoms with Crippen LogP contribution in [0.3, 0.4) is 0 Å². The molecule has 6 nitrogen and oxygen atoms in total. The Hall–Kier alpha value is -0.870. The van der Waals surface area contributed by atoms with E-state index in [1.165, 1.54) is 0 Å². The fourth-order valence-corrected chi connectivity index (χ4v) is 3.81. The van der Waals surface area contributed by atoms with Crippen LogP contribution < -0.4 is 10.6 Å². The van der Waals surface area contributed by atoms with Crippen LogP contribution >= 0.6 is 39.9 Å². The molecule has 150 valence electrons. The third-order valence-electron chi connectivity index (χ3n) is 5.02. The first-order valence-corrected chi connectivity index (χ1v) is 10.1. The van der Waals surface area contributed by atoms with Crippen LogP contribution in [-0.2, 0) is 4.74 Å². The zero-order valence-electron chi connectivity index (χ0n) is 15.7. The van der Waals surface area contributed by atoms with Crippen molar-refractivity contribution >= 4 is 51.8 Å². The average molecular weight is 551 g/mol. The van der Waals surface area contributed by atoms with Crippen molar-refractivity contribution in [2.45, 2.75) is 19.8 Å². The Morgan fingerprint density at radius 3 is 2.74 bits per heavy atom. The number of nitrogens with one attached hydrogen (secondary N) is 2. The van der Waals surface area contributed by atoms with E-state index in [0.717, 1.165) is 56.1 Å². The van der Waals surface area contributed by atoms with E-state index in [1.807, 2.05) is 12.1 Å². The molecule has 2 aliphatic rings. The first kappa shape index (κ1) is 22.4. The van der Waals surface area contributed by atoms with E-state index in [9.17, 15) is 4.79 Å². The number of benzene rings is 1. The highest BCUT2D eigenvalue weighted by Crippen LogP contribution is 2.38. The summed E-state index contributed by atoms with van der Waals surface area (Å²) in [7, 11) is 0. The quantitative estimate of drug-likeness (QED) is 0.256. The molecule has 1 aromatic carbocycles. The predicted molar refractivity (Wildman–Crippen MR) is 122 cm³/mol. The number of likely N-dealkylation sites (tertiary alicyclic amines) is 1. The lowest BCUT2D eigenvalue weighted by molar-refractivity contribution is 0.0954. The Bertz CT molecular complexity index is 648. The number of ether oxygens (including phenoxy) is 1. The Morgan fingerprint density at radius 1 is 1.30 bits per heavy atom. The molecule has 1 aromatic rings. The first-order valence-electron chi connectivity index (χ1n) is 9.27. The van der Waals surface area contributed by atoms with Crippen molar-refractivity contribution in [1.29, 1.82) is 0 Å². The van der Waals surface area contributed by atoms with Gasteiger partial charge in [-0.3, -0.25) is 9.79 Å². The summed E-state index contributed by atoms with van der Waals surface area (Å²) >= 11 is 3.37. The molecule has 2 aliphatic heterocycles. The molecule has 2 N–H and O–H groups in total. The second kappa shape index (κ2) is 10.6. The molecule has 27 heavy (non-hydrogen) atoms. The molecular formula is C19H28BrIN4O2. The van der Waals surface area contributed by atoms with Gasteiger partial charge in [0, 0.05) is 48.2 Å². The van der Waals surface area contributed by atoms with Crippen LogP contribution in [0.15, 0.2) is 33.7 Å². The van der Waals surface area contributed by atoms with Crippen LogP contribution in [-0.4, -0.2) is 62.7 Å². The normalized spacial score (nSPS) is 22.0. The summed E-state index contributed by atoms with van der Waals surface area (Å²) in [4.78, 5) is 19.2. The molecule has 1 atom stereocenters. The van der Waals surface area contributed by atoms with E-state index in [4.69, 9.17) is 9.73 Å². The van der Waals surface area contributed by atoms with E-state index in [0.29, 0.717) is 24.1 Å². The van der Waals surface area contributed by atoms with Gasteiger partial charge >= 0.3 is 0 Å². The number of carbonyl (C=O) groups excluding carboxylic acids is 1. The average Bonchev–Trinajstić information content (AvgIpc) is 3.28. The standard InChI is InChI=1S/C19H27BrN4O2.HI/c1-2-21-18(24-11-7-19(13-24)8-12-26-14-19)23-10-9-22-17(25)15-3-5-16(20)6-4-15;/h3-6H,2,7-14H2,1H3,(H,21,23)(H,22,25);1H. The molecule has 0 aromatic heterocycles. The van der Waals surface area contributed by atoms with Gasteiger partial charge in [0.1, 0.15) is 0 Å². The zero-order chi connectivity index (χ0) is 18.4. The highest BCUT2D eigenvalue weighted by Gasteiger charge is 2.42. The minimum absolute atomic E-state index is 0. The zero-order valence-corrected chi connectivity index (χ0v) is 19.6. The summed E-state index contributed by atoms with van der Waals surface area (Å²) in [6, 6.07) is 7.35. The van der Waals surface area contributed by atoms with Crippen LogP contribution in [0.2, 0.25) is 0 Å². The fourth-order valence-electron chi connectivity index (χ4n) is 3.55. The molecule has 0 aliphatic carbocycles. The lowest BCUT2D eigenvalue weighted by atomic mass is 9.87. The molecule has 1 spiro atoms. The van der Waals surface area contributed by atoms with Crippen molar-refractivity contribution < 1.29 is 9.53 Å². The topological polar surface area (TPSA) is 66.0 Å². The van der Waals surface area contributed by atoms with Gasteiger partial charge in [0.15, 0.2) is 5.96 Å². The minimum Gasteiger partial charge on any atom is -0.381 e. The molecule has 0 saturated carbocycles. The number of halogens is 2. The molecule has 0 bridgehead atoms. The van der Waals surface area contributed by atoms with Gasteiger partial charge in [-0.15, -0.1) is 24.0 Å². The van der Waals surface area contributed by atoms with Crippen molar-refractivity contribution in [2.75, 3.05) is 45.9 Å². The number of rotatable bonds is 5. The van der Waals surface area contributed by atoms with Gasteiger partial charge in [-0.2, -0.15) is 0 Å². The summed E-state index contributed by atoms with van der Waals surface area (Å²) in [6.45, 7) is 7.76. The van der Waals surface area contributed by atoms with Crippen LogP contribution in [0.25, 0.3) is 0 Å². The Morgan fingerprint density at radius 2 is 2.07 bits per heavy atom. The summed E-state index contributed by atoms with van der Waals surface area (Å²) in [6.07, 6.45) is 2.31. The minimum atomic E-state index is -0.0686. The number of amides is 1. The largest absolute Gasteiger partial charge is 0.381 e. The van der Waals surface area contributed by atoms with Crippen molar-refractivity contribution in [3.05, 3.63) is 34.3 Å². The molecule has 2 fully saturated rings. The van der Waals surface area contributed by atoms with Gasteiger partial charge < -0.3 is 20.3 Å². The van der Waals surface area contributed by atoms with Crippen LogP contribution in [0, 0.1) is 5.41 Å². The summed E-state index contributed by atoms with van der Waals surface area (Å²) < 4.78 is 6.57. The maximum Gasteiger partial charge on any atom is 0.251 e. The molecule has 2 saturated heterocycles. The number of carbonyl (C=O) groups is 1. The Kier molecular flexibility index (Phi) is 8.81. The summed E-state index contributed by atoms with van der Waals surface area (Å²) in [5, 5.41) is 6.30. The van der Waals surface area contributed by atoms with Gasteiger partial charge in [-0.25, -0.2) is 0 Å². The Balaban J connectivity index is 0.00000261. The summed E-state index contributed by atoms with van der Waals surface area (Å²) in [5.41, 5.74) is 0.971. The van der Waals surface area contributed by atoms with Crippen molar-refractivity contribution in [3.8, 4) is 0 Å². The van der Waals surface area contributed by atoms with E-state index >= 15 is 0 Å². The van der Waals surface area contributed by atoms with Crippen molar-refractivity contribution in [3.63, 3.8) is 0 Å². The first-order chi connectivity index (χ1) is 12.6. The van der Waals surface area contributed by atoms with Gasteiger partial charge in [-0.05, 0) is 44.0 Å². The van der Waals surface area contributed by atoms with Crippen LogP contribution in [0.4, 0.5) is 0 Å². The Labute approximate surface area is 186 Å². The molecule has 1 amide bonds. The van der Waals surface area contributed by atoms with Crippen LogP contribution in [0.5, 0.6) is 0 Å². The molecule has 3 rings (SSSR count). The SMILES string of the molecule is CCNC(=NCCNC(=O)c1ccc(Br)cc1)N1CCC2(CCOC2)C1.I. The second-order valence-electron chi connectivity index (χ2n) is 6.97. The monoisotopic (exact) mass is 550 g/mol. The number of aliphatic imine (C=N–C) groups is 1. The lowest BCUT2D eigenvalue weighted by Crippen LogP contribution is -2.42. The van der Waals surface area contributed by atoms with Gasteiger partial charge in [0.25, 0.3) is 5.91 Å². The highest BCUT2D eigenvalue weighted by atomic mass is 127. The molecular weight excluding hydrogens is 523 g/mol. The second-order valence-corrected chi connectivity index (χ2v) is 7.89. The fraction of sp³-hybridized carbons (Fsp3) is 0.579. The van der Waals surface area contributed by atoms with E-state index in [2.05, 4.69) is 38.4 Å². The smallest absolute Gasteiger partial charge is 0.251 e. The molecule has 8 heteroatoms. The summed E-state index contributed by atoms with van der Waals surface area (Å²) in [5.74, 6) is 0.870. The third-order valence-corrected chi connectivity index (χ3v) is 5.55. The number of hydrogen-bond acceptors (Lipinski definition) is 3. The van der Waals surface area contributed by atoms with E-state index < -0.39 is 0 Å². The van der Waals surface area contributed by atoms with E-state index in [-0.39, 0.29) is 29.9 Å². The van der Waals surface area contributed by atoms with Crippen LogP contribution in [0.1, 0.15) is 30.1 Å². The third kappa shape index (κ3) is 6.05. The predicted octanol–water partition coefficient (Wildman–Crippen LogP) is 2.87. The van der Waals surface area contributed by atoms with Crippen molar-refractivity contribution in [1.82, 2.24) is 15.5 Å². The maximum atomic E-state index is 12.1. The highest BCUT2D eigenvalue weighted by molar-refractivity contribution is 14.0. The lowest BCUT2D eigenvalue weighted by Gasteiger charge is -2.25. The van der Waals surface area contributed by atoms with Gasteiger partial charge in [0.2, 0.25) is 0 Å². The maximum absolute atomic E-state index is 12.1. The number of guanidine groups is 1. The molecule has 2 heterocycles. The van der Waals surface area contributed by atoms with Gasteiger partial charge in [-0.1, -0.05) is 15.9 Å².